The van der Waals surface area contributed by atoms with Gasteiger partial charge in [-0.2, -0.15) is 0 Å². The molecule has 94 valence electrons. The van der Waals surface area contributed by atoms with Gasteiger partial charge in [0.05, 0.1) is 6.04 Å². The van der Waals surface area contributed by atoms with E-state index < -0.39 is 0 Å². The second-order valence-electron chi connectivity index (χ2n) is 4.29. The third-order valence-electron chi connectivity index (χ3n) is 3.00. The van der Waals surface area contributed by atoms with Gasteiger partial charge in [-0.15, -0.1) is 0 Å². The van der Waals surface area contributed by atoms with E-state index in [1.807, 2.05) is 38.2 Å². The molecule has 0 aliphatic rings. The monoisotopic (exact) mass is 263 g/mol. The van der Waals surface area contributed by atoms with E-state index >= 15 is 0 Å². The van der Waals surface area contributed by atoms with Crippen molar-refractivity contribution >= 4 is 11.6 Å². The molecule has 0 saturated carbocycles. The Morgan fingerprint density at radius 1 is 1.11 bits per heavy atom. The minimum absolute atomic E-state index is 0.0567. The van der Waals surface area contributed by atoms with Crippen molar-refractivity contribution in [2.24, 2.45) is 0 Å². The summed E-state index contributed by atoms with van der Waals surface area (Å²) >= 11 is 6.13. The minimum atomic E-state index is -0.231. The lowest BCUT2D eigenvalue weighted by Crippen LogP contribution is -2.17. The quantitative estimate of drug-likeness (QED) is 0.879. The Hall–Kier alpha value is -1.38. The second-order valence-corrected chi connectivity index (χ2v) is 4.69. The Balaban J connectivity index is 2.42. The molecule has 18 heavy (non-hydrogen) atoms. The van der Waals surface area contributed by atoms with E-state index in [0.717, 1.165) is 21.7 Å². The maximum atomic E-state index is 13.3. The number of benzene rings is 2. The summed E-state index contributed by atoms with van der Waals surface area (Å²) in [6.07, 6.45) is 0. The predicted molar refractivity (Wildman–Crippen MR) is 73.5 cm³/mol. The molecular weight excluding hydrogens is 249 g/mol. The molecule has 1 atom stereocenters. The van der Waals surface area contributed by atoms with Crippen LogP contribution in [0.1, 0.15) is 22.7 Å². The molecule has 0 radical (unpaired) electrons. The first kappa shape index (κ1) is 13.1. The van der Waals surface area contributed by atoms with Crippen LogP contribution in [0.2, 0.25) is 5.02 Å². The van der Waals surface area contributed by atoms with Crippen LogP contribution in [-0.4, -0.2) is 7.05 Å². The van der Waals surface area contributed by atoms with Gasteiger partial charge in [0.2, 0.25) is 0 Å². The highest BCUT2D eigenvalue weighted by atomic mass is 35.5. The molecule has 0 saturated heterocycles. The van der Waals surface area contributed by atoms with Crippen LogP contribution < -0.4 is 5.32 Å². The average molecular weight is 264 g/mol. The van der Waals surface area contributed by atoms with Gasteiger partial charge in [0.25, 0.3) is 0 Å². The number of hydrogen-bond acceptors (Lipinski definition) is 1. The van der Waals surface area contributed by atoms with E-state index in [-0.39, 0.29) is 11.9 Å². The number of rotatable bonds is 3. The van der Waals surface area contributed by atoms with Crippen molar-refractivity contribution in [3.05, 3.63) is 70.0 Å². The molecule has 2 rings (SSSR count). The van der Waals surface area contributed by atoms with E-state index in [1.54, 1.807) is 6.07 Å². The van der Waals surface area contributed by atoms with Crippen LogP contribution in [-0.2, 0) is 0 Å². The van der Waals surface area contributed by atoms with Gasteiger partial charge in [0, 0.05) is 5.02 Å². The summed E-state index contributed by atoms with van der Waals surface area (Å²) in [6, 6.07) is 12.4. The topological polar surface area (TPSA) is 12.0 Å². The van der Waals surface area contributed by atoms with E-state index in [4.69, 9.17) is 11.6 Å². The lowest BCUT2D eigenvalue weighted by atomic mass is 9.98. The van der Waals surface area contributed by atoms with Gasteiger partial charge >= 0.3 is 0 Å². The zero-order chi connectivity index (χ0) is 13.1. The normalized spacial score (nSPS) is 12.4. The Labute approximate surface area is 112 Å². The molecule has 1 unspecified atom stereocenters. The van der Waals surface area contributed by atoms with Crippen molar-refractivity contribution in [1.29, 1.82) is 0 Å². The predicted octanol–water partition coefficient (Wildman–Crippen LogP) is 4.10. The summed E-state index contributed by atoms with van der Waals surface area (Å²) in [5, 5.41) is 3.91. The molecule has 1 N–H and O–H groups in total. The van der Waals surface area contributed by atoms with Crippen molar-refractivity contribution in [3.63, 3.8) is 0 Å². The second kappa shape index (κ2) is 5.51. The summed E-state index contributed by atoms with van der Waals surface area (Å²) in [5.74, 6) is -0.231. The van der Waals surface area contributed by atoms with Crippen LogP contribution >= 0.6 is 11.6 Å². The van der Waals surface area contributed by atoms with Crippen LogP contribution in [0.15, 0.2) is 42.5 Å². The van der Waals surface area contributed by atoms with Crippen LogP contribution in [0, 0.1) is 12.7 Å². The Morgan fingerprint density at radius 3 is 2.44 bits per heavy atom. The molecule has 0 spiro atoms. The van der Waals surface area contributed by atoms with Crippen molar-refractivity contribution in [3.8, 4) is 0 Å². The van der Waals surface area contributed by atoms with Gasteiger partial charge in [-0.25, -0.2) is 4.39 Å². The summed E-state index contributed by atoms with van der Waals surface area (Å²) in [7, 11) is 1.85. The summed E-state index contributed by atoms with van der Waals surface area (Å²) in [6.45, 7) is 1.96. The molecule has 2 aromatic carbocycles. The first-order valence-electron chi connectivity index (χ1n) is 5.80. The van der Waals surface area contributed by atoms with Gasteiger partial charge in [-0.3, -0.25) is 0 Å². The van der Waals surface area contributed by atoms with Crippen LogP contribution in [0.25, 0.3) is 0 Å². The number of nitrogens with one attached hydrogen (secondary N) is 1. The lowest BCUT2D eigenvalue weighted by molar-refractivity contribution is 0.617. The van der Waals surface area contributed by atoms with E-state index in [1.165, 1.54) is 12.1 Å². The highest BCUT2D eigenvalue weighted by Gasteiger charge is 2.13. The van der Waals surface area contributed by atoms with Gasteiger partial charge in [-0.1, -0.05) is 35.9 Å². The smallest absolute Gasteiger partial charge is 0.123 e. The van der Waals surface area contributed by atoms with Gasteiger partial charge in [-0.05, 0) is 48.9 Å². The third kappa shape index (κ3) is 2.71. The fraction of sp³-hybridized carbons (Fsp3) is 0.200. The van der Waals surface area contributed by atoms with Crippen molar-refractivity contribution in [2.45, 2.75) is 13.0 Å². The molecule has 0 aliphatic heterocycles. The molecule has 0 aliphatic carbocycles. The van der Waals surface area contributed by atoms with Crippen LogP contribution in [0.4, 0.5) is 4.39 Å². The first-order chi connectivity index (χ1) is 8.61. The number of aryl methyl sites for hydroxylation is 1. The molecule has 0 amide bonds. The molecule has 2 aromatic rings. The number of hydrogen-bond donors (Lipinski definition) is 1. The van der Waals surface area contributed by atoms with Gasteiger partial charge < -0.3 is 5.32 Å². The average Bonchev–Trinajstić information content (AvgIpc) is 2.35. The summed E-state index contributed by atoms with van der Waals surface area (Å²) in [5.41, 5.74) is 2.95. The SMILES string of the molecule is CNC(c1cccc(F)c1)c1ccc(C)c(Cl)c1. The fourth-order valence-electron chi connectivity index (χ4n) is 2.00. The Morgan fingerprint density at radius 2 is 1.83 bits per heavy atom. The highest BCUT2D eigenvalue weighted by Crippen LogP contribution is 2.26. The fourth-order valence-corrected chi connectivity index (χ4v) is 2.19. The molecule has 0 bridgehead atoms. The van der Waals surface area contributed by atoms with Gasteiger partial charge in [0.15, 0.2) is 0 Å². The van der Waals surface area contributed by atoms with E-state index in [9.17, 15) is 4.39 Å². The Bertz CT molecular complexity index is 554. The van der Waals surface area contributed by atoms with Crippen molar-refractivity contribution < 1.29 is 4.39 Å². The van der Waals surface area contributed by atoms with Crippen LogP contribution in [0.3, 0.4) is 0 Å². The molecule has 1 nitrogen and oxygen atoms in total. The van der Waals surface area contributed by atoms with Crippen LogP contribution in [0.5, 0.6) is 0 Å². The first-order valence-corrected chi connectivity index (χ1v) is 6.18. The maximum absolute atomic E-state index is 13.3. The lowest BCUT2D eigenvalue weighted by Gasteiger charge is -2.18. The molecule has 3 heteroatoms. The van der Waals surface area contributed by atoms with E-state index in [2.05, 4.69) is 5.32 Å². The van der Waals surface area contributed by atoms with Crippen molar-refractivity contribution in [2.75, 3.05) is 7.05 Å². The van der Waals surface area contributed by atoms with E-state index in [0.29, 0.717) is 0 Å². The summed E-state index contributed by atoms with van der Waals surface area (Å²) in [4.78, 5) is 0. The minimum Gasteiger partial charge on any atom is -0.309 e. The maximum Gasteiger partial charge on any atom is 0.123 e. The Kier molecular flexibility index (Phi) is 4.00. The largest absolute Gasteiger partial charge is 0.309 e. The zero-order valence-electron chi connectivity index (χ0n) is 10.4. The standard InChI is InChI=1S/C15H15ClFN/c1-10-6-7-12(9-14(10)16)15(18-2)11-4-3-5-13(17)8-11/h3-9,15,18H,1-2H3. The molecular formula is C15H15ClFN. The zero-order valence-corrected chi connectivity index (χ0v) is 11.1. The highest BCUT2D eigenvalue weighted by molar-refractivity contribution is 6.31. The number of halogens is 2. The third-order valence-corrected chi connectivity index (χ3v) is 3.41. The molecule has 0 heterocycles. The van der Waals surface area contributed by atoms with Crippen molar-refractivity contribution in [1.82, 2.24) is 5.32 Å². The van der Waals surface area contributed by atoms with Gasteiger partial charge in [0.1, 0.15) is 5.82 Å². The molecule has 0 aromatic heterocycles. The molecule has 0 fully saturated rings. The summed E-state index contributed by atoms with van der Waals surface area (Å²) < 4.78 is 13.3.